The highest BCUT2D eigenvalue weighted by Crippen LogP contribution is 2.33. The van der Waals surface area contributed by atoms with Gasteiger partial charge in [0.05, 0.1) is 0 Å². The van der Waals surface area contributed by atoms with Gasteiger partial charge in [0.2, 0.25) is 0 Å². The summed E-state index contributed by atoms with van der Waals surface area (Å²) in [6.45, 7) is 6.67. The van der Waals surface area contributed by atoms with Gasteiger partial charge in [0.1, 0.15) is 5.78 Å². The van der Waals surface area contributed by atoms with Crippen molar-refractivity contribution >= 4 is 5.78 Å². The number of carbonyl (C=O) groups is 1. The summed E-state index contributed by atoms with van der Waals surface area (Å²) in [5.41, 5.74) is 0. The van der Waals surface area contributed by atoms with Crippen molar-refractivity contribution in [1.82, 2.24) is 0 Å². The quantitative estimate of drug-likeness (QED) is 0.597. The predicted octanol–water partition coefficient (Wildman–Crippen LogP) is 2.65. The fourth-order valence-electron chi connectivity index (χ4n) is 2.02. The molecule has 0 amide bonds. The average molecular weight is 154 g/mol. The van der Waals surface area contributed by atoms with Crippen LogP contribution in [0.25, 0.3) is 0 Å². The van der Waals surface area contributed by atoms with Gasteiger partial charge in [-0.1, -0.05) is 20.8 Å². The van der Waals surface area contributed by atoms with E-state index in [1.165, 1.54) is 6.42 Å². The van der Waals surface area contributed by atoms with E-state index in [2.05, 4.69) is 20.8 Å². The largest absolute Gasteiger partial charge is 0.300 e. The summed E-state index contributed by atoms with van der Waals surface area (Å²) in [5, 5.41) is 0. The molecule has 0 aromatic rings. The average Bonchev–Trinajstić information content (AvgIpc) is 2.09. The third-order valence-electron chi connectivity index (χ3n) is 2.62. The lowest BCUT2D eigenvalue weighted by atomic mass is 9.89. The molecule has 0 bridgehead atoms. The maximum absolute atomic E-state index is 11.0. The van der Waals surface area contributed by atoms with Crippen LogP contribution in [0.5, 0.6) is 0 Å². The van der Waals surface area contributed by atoms with Gasteiger partial charge < -0.3 is 0 Å². The Balaban J connectivity index is 2.40. The molecule has 0 aliphatic heterocycles. The zero-order valence-corrected chi connectivity index (χ0v) is 7.76. The molecule has 2 atom stereocenters. The Hall–Kier alpha value is -0.330. The van der Waals surface area contributed by atoms with Gasteiger partial charge >= 0.3 is 0 Å². The Morgan fingerprint density at radius 2 is 2.09 bits per heavy atom. The molecule has 0 N–H and O–H groups in total. The van der Waals surface area contributed by atoms with E-state index in [4.69, 9.17) is 0 Å². The fraction of sp³-hybridized carbons (Fsp3) is 0.900. The number of rotatable bonds is 2. The molecule has 0 saturated heterocycles. The minimum absolute atomic E-state index is 0.475. The Morgan fingerprint density at radius 3 is 2.45 bits per heavy atom. The Bertz CT molecular complexity index is 149. The van der Waals surface area contributed by atoms with Gasteiger partial charge in [-0.3, -0.25) is 4.79 Å². The Morgan fingerprint density at radius 1 is 1.45 bits per heavy atom. The number of hydrogen-bond donors (Lipinski definition) is 0. The minimum Gasteiger partial charge on any atom is -0.300 e. The van der Waals surface area contributed by atoms with Crippen LogP contribution in [0.2, 0.25) is 0 Å². The van der Waals surface area contributed by atoms with Crippen LogP contribution in [0.15, 0.2) is 0 Å². The van der Waals surface area contributed by atoms with Crippen LogP contribution >= 0.6 is 0 Å². The second-order valence-corrected chi connectivity index (χ2v) is 4.31. The van der Waals surface area contributed by atoms with Crippen LogP contribution in [0.3, 0.4) is 0 Å². The van der Waals surface area contributed by atoms with Gasteiger partial charge in [0.15, 0.2) is 0 Å². The highest BCUT2D eigenvalue weighted by atomic mass is 16.1. The number of ketones is 1. The third kappa shape index (κ3) is 2.32. The molecule has 1 aliphatic rings. The smallest absolute Gasteiger partial charge is 0.133 e. The van der Waals surface area contributed by atoms with E-state index in [1.54, 1.807) is 0 Å². The molecule has 0 radical (unpaired) electrons. The monoisotopic (exact) mass is 154 g/mol. The van der Waals surface area contributed by atoms with Crippen LogP contribution in [0.1, 0.15) is 40.0 Å². The van der Waals surface area contributed by atoms with Crippen molar-refractivity contribution in [2.45, 2.75) is 40.0 Å². The van der Waals surface area contributed by atoms with E-state index >= 15 is 0 Å². The minimum atomic E-state index is 0.475. The van der Waals surface area contributed by atoms with Crippen LogP contribution < -0.4 is 0 Å². The molecule has 1 aliphatic carbocycles. The summed E-state index contributed by atoms with van der Waals surface area (Å²) < 4.78 is 0. The van der Waals surface area contributed by atoms with E-state index in [0.717, 1.165) is 18.8 Å². The van der Waals surface area contributed by atoms with Crippen LogP contribution in [-0.4, -0.2) is 5.78 Å². The second-order valence-electron chi connectivity index (χ2n) is 4.31. The van der Waals surface area contributed by atoms with Crippen LogP contribution in [-0.2, 0) is 4.79 Å². The van der Waals surface area contributed by atoms with E-state index in [0.29, 0.717) is 17.6 Å². The van der Waals surface area contributed by atoms with Crippen molar-refractivity contribution in [3.63, 3.8) is 0 Å². The van der Waals surface area contributed by atoms with E-state index < -0.39 is 0 Å². The molecule has 0 aromatic carbocycles. The first-order chi connectivity index (χ1) is 5.09. The summed E-state index contributed by atoms with van der Waals surface area (Å²) in [7, 11) is 0. The van der Waals surface area contributed by atoms with Crippen molar-refractivity contribution in [2.75, 3.05) is 0 Å². The first-order valence-corrected chi connectivity index (χ1v) is 4.61. The van der Waals surface area contributed by atoms with Crippen LogP contribution in [0, 0.1) is 17.8 Å². The van der Waals surface area contributed by atoms with Crippen LogP contribution in [0.4, 0.5) is 0 Å². The number of carbonyl (C=O) groups excluding carboxylic acids is 1. The van der Waals surface area contributed by atoms with E-state index in [9.17, 15) is 4.79 Å². The standard InChI is InChI=1S/C10H18O/c1-7(2)4-9-6-10(11)5-8(9)3/h7-9H,4-6H2,1-3H3. The Kier molecular flexibility index (Phi) is 2.69. The fourth-order valence-corrected chi connectivity index (χ4v) is 2.02. The predicted molar refractivity (Wildman–Crippen MR) is 46.4 cm³/mol. The maximum Gasteiger partial charge on any atom is 0.133 e. The molecule has 1 rings (SSSR count). The molecule has 0 spiro atoms. The van der Waals surface area contributed by atoms with Gasteiger partial charge in [-0.05, 0) is 24.2 Å². The van der Waals surface area contributed by atoms with Crippen molar-refractivity contribution in [3.05, 3.63) is 0 Å². The first-order valence-electron chi connectivity index (χ1n) is 4.61. The number of hydrogen-bond acceptors (Lipinski definition) is 1. The Labute approximate surface area is 69.2 Å². The normalized spacial score (nSPS) is 31.8. The highest BCUT2D eigenvalue weighted by molar-refractivity contribution is 5.81. The van der Waals surface area contributed by atoms with Gasteiger partial charge in [0, 0.05) is 12.8 Å². The molecule has 1 saturated carbocycles. The summed E-state index contributed by atoms with van der Waals surface area (Å²) in [6.07, 6.45) is 2.91. The molecule has 0 heterocycles. The molecule has 1 fully saturated rings. The third-order valence-corrected chi connectivity index (χ3v) is 2.62. The lowest BCUT2D eigenvalue weighted by Gasteiger charge is -2.15. The lowest BCUT2D eigenvalue weighted by Crippen LogP contribution is -2.06. The molecule has 64 valence electrons. The zero-order valence-electron chi connectivity index (χ0n) is 7.76. The first kappa shape index (κ1) is 8.76. The van der Waals surface area contributed by atoms with Crippen molar-refractivity contribution < 1.29 is 4.79 Å². The van der Waals surface area contributed by atoms with Gasteiger partial charge in [0.25, 0.3) is 0 Å². The summed E-state index contributed by atoms with van der Waals surface area (Å²) >= 11 is 0. The zero-order chi connectivity index (χ0) is 8.43. The van der Waals surface area contributed by atoms with Crippen molar-refractivity contribution in [2.24, 2.45) is 17.8 Å². The highest BCUT2D eigenvalue weighted by Gasteiger charge is 2.29. The molecular weight excluding hydrogens is 136 g/mol. The lowest BCUT2D eigenvalue weighted by molar-refractivity contribution is -0.117. The van der Waals surface area contributed by atoms with Gasteiger partial charge in [-0.2, -0.15) is 0 Å². The number of Topliss-reactive ketones (excluding diaryl/α,β-unsaturated/α-hetero) is 1. The van der Waals surface area contributed by atoms with Gasteiger partial charge in [-0.15, -0.1) is 0 Å². The molecule has 2 unspecified atom stereocenters. The molecular formula is C10H18O. The van der Waals surface area contributed by atoms with Gasteiger partial charge in [-0.25, -0.2) is 0 Å². The second kappa shape index (κ2) is 3.38. The molecule has 0 aromatic heterocycles. The van der Waals surface area contributed by atoms with Crippen molar-refractivity contribution in [3.8, 4) is 0 Å². The van der Waals surface area contributed by atoms with E-state index in [-0.39, 0.29) is 0 Å². The molecule has 11 heavy (non-hydrogen) atoms. The SMILES string of the molecule is CC(C)CC1CC(=O)CC1C. The maximum atomic E-state index is 11.0. The summed E-state index contributed by atoms with van der Waals surface area (Å²) in [6, 6.07) is 0. The van der Waals surface area contributed by atoms with Crippen molar-refractivity contribution in [1.29, 1.82) is 0 Å². The summed E-state index contributed by atoms with van der Waals surface area (Å²) in [5.74, 6) is 2.55. The molecule has 1 heteroatoms. The topological polar surface area (TPSA) is 17.1 Å². The molecule has 1 nitrogen and oxygen atoms in total. The van der Waals surface area contributed by atoms with E-state index in [1.807, 2.05) is 0 Å². The summed E-state index contributed by atoms with van der Waals surface area (Å²) in [4.78, 5) is 11.0.